The lowest BCUT2D eigenvalue weighted by atomic mass is 10.1. The SMILES string of the molecule is CC(C)CCn1c(Cn2c(=O)n(C3CC3)c3ccncc32)nc2cc(CN)cnc21.[C-]#[N+]c1cnc2c(c1)nc(Cn1c(=O)n(C3CC3)c3ccncc31)n2CCC(C)C. The molecule has 0 aliphatic heterocycles. The van der Waals surface area contributed by atoms with Gasteiger partial charge in [-0.1, -0.05) is 27.7 Å². The topological polar surface area (TPSA) is 171 Å². The zero-order valence-corrected chi connectivity index (χ0v) is 34.6. The Balaban J connectivity index is 0.000000154. The van der Waals surface area contributed by atoms with Crippen molar-refractivity contribution in [2.24, 2.45) is 17.6 Å². The van der Waals surface area contributed by atoms with Gasteiger partial charge in [-0.3, -0.25) is 28.2 Å². The monoisotopic (exact) mass is 806 g/mol. The van der Waals surface area contributed by atoms with E-state index in [4.69, 9.17) is 22.3 Å². The summed E-state index contributed by atoms with van der Waals surface area (Å²) in [5, 5.41) is 0. The minimum atomic E-state index is -0.0160. The maximum absolute atomic E-state index is 13.3. The van der Waals surface area contributed by atoms with E-state index in [-0.39, 0.29) is 17.4 Å². The summed E-state index contributed by atoms with van der Waals surface area (Å²) in [6, 6.07) is 8.19. The molecule has 10 rings (SSSR count). The first-order valence-corrected chi connectivity index (χ1v) is 21.0. The van der Waals surface area contributed by atoms with Crippen molar-refractivity contribution in [1.82, 2.24) is 57.3 Å². The van der Waals surface area contributed by atoms with Crippen LogP contribution in [0.2, 0.25) is 0 Å². The fourth-order valence-electron chi connectivity index (χ4n) is 8.02. The van der Waals surface area contributed by atoms with Gasteiger partial charge in [0.2, 0.25) is 5.69 Å². The summed E-state index contributed by atoms with van der Waals surface area (Å²) in [4.78, 5) is 57.3. The van der Waals surface area contributed by atoms with Crippen LogP contribution in [-0.4, -0.2) is 57.3 Å². The average Bonchev–Trinajstić information content (AvgIpc) is 4.17. The molecule has 2 aliphatic carbocycles. The molecule has 60 heavy (non-hydrogen) atoms. The summed E-state index contributed by atoms with van der Waals surface area (Å²) in [6.45, 7) is 18.8. The van der Waals surface area contributed by atoms with E-state index in [9.17, 15) is 9.59 Å². The predicted molar refractivity (Wildman–Crippen MR) is 231 cm³/mol. The van der Waals surface area contributed by atoms with Gasteiger partial charge in [-0.05, 0) is 80.2 Å². The van der Waals surface area contributed by atoms with E-state index < -0.39 is 0 Å². The van der Waals surface area contributed by atoms with Crippen LogP contribution in [0, 0.1) is 18.4 Å². The average molecular weight is 807 g/mol. The van der Waals surface area contributed by atoms with Crippen LogP contribution >= 0.6 is 0 Å². The minimum Gasteiger partial charge on any atom is -0.326 e. The molecule has 2 N–H and O–H groups in total. The Kier molecular flexibility index (Phi) is 10.4. The lowest BCUT2D eigenvalue weighted by Crippen LogP contribution is -2.25. The molecule has 2 aliphatic rings. The Labute approximate surface area is 346 Å². The number of fused-ring (bicyclic) bond motifs is 4. The molecule has 0 amide bonds. The van der Waals surface area contributed by atoms with Crippen molar-refractivity contribution in [3.63, 3.8) is 0 Å². The molecule has 16 nitrogen and oxygen atoms in total. The number of pyridine rings is 4. The second-order valence-electron chi connectivity index (χ2n) is 16.9. The van der Waals surface area contributed by atoms with Crippen molar-refractivity contribution < 1.29 is 0 Å². The van der Waals surface area contributed by atoms with Crippen molar-refractivity contribution in [2.45, 2.75) is 111 Å². The third-order valence-corrected chi connectivity index (χ3v) is 11.5. The number of imidazole rings is 4. The summed E-state index contributed by atoms with van der Waals surface area (Å²) < 4.78 is 11.6. The molecule has 0 spiro atoms. The molecule has 0 unspecified atom stereocenters. The summed E-state index contributed by atoms with van der Waals surface area (Å²) in [5.41, 5.74) is 13.9. The number of hydrogen-bond donors (Lipinski definition) is 1. The summed E-state index contributed by atoms with van der Waals surface area (Å²) in [6.07, 6.45) is 16.6. The Morgan fingerprint density at radius 2 is 1.17 bits per heavy atom. The highest BCUT2D eigenvalue weighted by Crippen LogP contribution is 2.37. The van der Waals surface area contributed by atoms with Crippen LogP contribution in [0.4, 0.5) is 5.69 Å². The Morgan fingerprint density at radius 3 is 1.62 bits per heavy atom. The highest BCUT2D eigenvalue weighted by atomic mass is 16.2. The van der Waals surface area contributed by atoms with Crippen LogP contribution in [0.5, 0.6) is 0 Å². The van der Waals surface area contributed by atoms with Crippen LogP contribution in [0.3, 0.4) is 0 Å². The molecule has 16 heteroatoms. The van der Waals surface area contributed by atoms with Gasteiger partial charge in [0.25, 0.3) is 0 Å². The highest BCUT2D eigenvalue weighted by Gasteiger charge is 2.31. The lowest BCUT2D eigenvalue weighted by molar-refractivity contribution is 0.505. The molecule has 8 heterocycles. The molecule has 8 aromatic heterocycles. The zero-order chi connectivity index (χ0) is 41.7. The number of nitrogens with zero attached hydrogens (tertiary/aromatic N) is 13. The van der Waals surface area contributed by atoms with E-state index >= 15 is 0 Å². The first kappa shape index (κ1) is 39.0. The molecule has 308 valence electrons. The van der Waals surface area contributed by atoms with Crippen LogP contribution in [0.25, 0.3) is 49.2 Å². The summed E-state index contributed by atoms with van der Waals surface area (Å²) in [7, 11) is 0. The molecule has 0 bridgehead atoms. The van der Waals surface area contributed by atoms with Gasteiger partial charge in [0, 0.05) is 56.5 Å². The molecule has 0 radical (unpaired) electrons. The molecule has 2 fully saturated rings. The van der Waals surface area contributed by atoms with Crippen LogP contribution in [0.1, 0.15) is 95.5 Å². The Hall–Kier alpha value is -6.47. The first-order chi connectivity index (χ1) is 29.1. The molecule has 0 saturated heterocycles. The van der Waals surface area contributed by atoms with Gasteiger partial charge in [-0.2, -0.15) is 0 Å². The van der Waals surface area contributed by atoms with Gasteiger partial charge in [0.05, 0.1) is 59.6 Å². The molecule has 8 aromatic rings. The Bertz CT molecular complexity index is 3030. The van der Waals surface area contributed by atoms with Crippen LogP contribution in [0.15, 0.2) is 71.0 Å². The quantitative estimate of drug-likeness (QED) is 0.124. The van der Waals surface area contributed by atoms with Gasteiger partial charge < -0.3 is 14.9 Å². The van der Waals surface area contributed by atoms with Crippen molar-refractivity contribution in [3.8, 4) is 0 Å². The van der Waals surface area contributed by atoms with Gasteiger partial charge in [0.15, 0.2) is 11.3 Å². The third-order valence-electron chi connectivity index (χ3n) is 11.5. The van der Waals surface area contributed by atoms with Gasteiger partial charge in [-0.15, -0.1) is 0 Å². The Morgan fingerprint density at radius 1 is 0.683 bits per heavy atom. The second-order valence-corrected chi connectivity index (χ2v) is 16.9. The summed E-state index contributed by atoms with van der Waals surface area (Å²) in [5.74, 6) is 2.71. The van der Waals surface area contributed by atoms with Crippen LogP contribution < -0.4 is 17.1 Å². The molecular formula is C44H50N14O2. The maximum atomic E-state index is 13.3. The van der Waals surface area contributed by atoms with E-state index in [2.05, 4.69) is 61.6 Å². The number of rotatable bonds is 13. The fraction of sp³-hybridized carbons (Fsp3) is 0.432. The predicted octanol–water partition coefficient (Wildman–Crippen LogP) is 6.75. The third kappa shape index (κ3) is 7.38. The maximum Gasteiger partial charge on any atom is 0.329 e. The zero-order valence-electron chi connectivity index (χ0n) is 34.6. The molecule has 0 atom stereocenters. The second kappa shape index (κ2) is 15.9. The highest BCUT2D eigenvalue weighted by molar-refractivity contribution is 5.78. The van der Waals surface area contributed by atoms with Crippen LogP contribution in [-0.2, 0) is 32.7 Å². The number of aryl methyl sites for hydroxylation is 2. The molecule has 2 saturated carbocycles. The standard InChI is InChI=1S/C22H23N7O.C22H27N7O/c1-14(2)7-9-27-20(26-17-10-15(23-3)11-25-21(17)27)13-28-19-12-24-8-6-18(19)29(22(28)30)16-4-5-16;1-14(2)6-8-27-20(26-17-9-15(10-23)11-25-21(17)27)13-28-19-12-24-7-5-18(19)29(22(28)30)16-3-4-16/h6,8,10-12,14,16H,4-5,7,9,13H2,1-2H3;5,7,9,11-12,14,16H,3-4,6,8,10,13,23H2,1-2H3. The number of nitrogens with two attached hydrogens (primary N) is 1. The number of aromatic nitrogens is 12. The van der Waals surface area contributed by atoms with E-state index in [1.54, 1.807) is 46.2 Å². The normalized spacial score (nSPS) is 14.2. The minimum absolute atomic E-state index is 0.0126. The van der Waals surface area contributed by atoms with E-state index in [1.165, 1.54) is 0 Å². The summed E-state index contributed by atoms with van der Waals surface area (Å²) >= 11 is 0. The first-order valence-electron chi connectivity index (χ1n) is 21.0. The van der Waals surface area contributed by atoms with Crippen molar-refractivity contribution in [1.29, 1.82) is 0 Å². The van der Waals surface area contributed by atoms with Gasteiger partial charge >= 0.3 is 11.4 Å². The van der Waals surface area contributed by atoms with Gasteiger partial charge in [0.1, 0.15) is 17.2 Å². The largest absolute Gasteiger partial charge is 0.329 e. The van der Waals surface area contributed by atoms with E-state index in [0.29, 0.717) is 48.7 Å². The van der Waals surface area contributed by atoms with Crippen molar-refractivity contribution in [2.75, 3.05) is 0 Å². The lowest BCUT2D eigenvalue weighted by Gasteiger charge is -2.11. The smallest absolute Gasteiger partial charge is 0.326 e. The van der Waals surface area contributed by atoms with E-state index in [1.807, 2.05) is 33.5 Å². The van der Waals surface area contributed by atoms with Gasteiger partial charge in [-0.25, -0.2) is 34.4 Å². The fourth-order valence-corrected chi connectivity index (χ4v) is 8.02. The number of hydrogen-bond acceptors (Lipinski definition) is 9. The van der Waals surface area contributed by atoms with Crippen molar-refractivity contribution >= 4 is 50.1 Å². The molecular weight excluding hydrogens is 757 g/mol. The van der Waals surface area contributed by atoms with Crippen molar-refractivity contribution in [3.05, 3.63) is 111 Å². The van der Waals surface area contributed by atoms with E-state index in [0.717, 1.165) is 108 Å². The molecule has 0 aromatic carbocycles.